The van der Waals surface area contributed by atoms with Crippen LogP contribution in [0.25, 0.3) is 0 Å². The predicted octanol–water partition coefficient (Wildman–Crippen LogP) is 3.56. The number of piperazine rings is 1. The molecule has 4 rings (SSSR count). The Bertz CT molecular complexity index is 943. The normalized spacial score (nSPS) is 13.9. The van der Waals surface area contributed by atoms with E-state index in [2.05, 4.69) is 44.4 Å². The molecule has 1 fully saturated rings. The highest BCUT2D eigenvalue weighted by atomic mass is 16.5. The zero-order valence-corrected chi connectivity index (χ0v) is 16.7. The Morgan fingerprint density at radius 1 is 0.828 bits per heavy atom. The second-order valence-electron chi connectivity index (χ2n) is 6.75. The van der Waals surface area contributed by atoms with E-state index in [-0.39, 0.29) is 0 Å². The smallest absolute Gasteiger partial charge is 0.227 e. The minimum Gasteiger partial charge on any atom is -0.493 e. The van der Waals surface area contributed by atoms with Crippen LogP contribution in [0.15, 0.2) is 60.8 Å². The number of nitrogens with one attached hydrogen (secondary N) is 1. The topological polar surface area (TPSA) is 62.8 Å². The van der Waals surface area contributed by atoms with Crippen molar-refractivity contribution in [2.24, 2.45) is 0 Å². The Kier molecular flexibility index (Phi) is 5.65. The molecule has 0 spiro atoms. The third-order valence-corrected chi connectivity index (χ3v) is 4.98. The highest BCUT2D eigenvalue weighted by molar-refractivity contribution is 5.62. The van der Waals surface area contributed by atoms with Gasteiger partial charge in [0.05, 0.1) is 14.2 Å². The monoisotopic (exact) mass is 391 g/mol. The number of ether oxygens (including phenoxy) is 2. The number of benzene rings is 2. The Morgan fingerprint density at radius 2 is 1.55 bits per heavy atom. The first-order valence-electron chi connectivity index (χ1n) is 9.64. The molecule has 0 atom stereocenters. The molecule has 2 heterocycles. The average molecular weight is 391 g/mol. The standard InChI is InChI=1S/C22H25N5O2/c1-28-19-9-8-17(16-20(19)29-2)24-21-10-11-23-22(25-21)27-14-12-26(13-15-27)18-6-4-3-5-7-18/h3-11,16H,12-15H2,1-2H3,(H,23,24,25). The number of methoxy groups -OCH3 is 2. The van der Waals surface area contributed by atoms with Crippen molar-refractivity contribution in [2.45, 2.75) is 0 Å². The Hall–Kier alpha value is -3.48. The summed E-state index contributed by atoms with van der Waals surface area (Å²) in [5.74, 6) is 2.84. The predicted molar refractivity (Wildman–Crippen MR) is 116 cm³/mol. The molecule has 1 N–H and O–H groups in total. The van der Waals surface area contributed by atoms with Crippen molar-refractivity contribution in [3.8, 4) is 11.5 Å². The van der Waals surface area contributed by atoms with Crippen molar-refractivity contribution in [2.75, 3.05) is 55.5 Å². The van der Waals surface area contributed by atoms with Gasteiger partial charge in [-0.2, -0.15) is 4.98 Å². The molecule has 0 radical (unpaired) electrons. The summed E-state index contributed by atoms with van der Waals surface area (Å²) >= 11 is 0. The maximum atomic E-state index is 5.37. The molecule has 7 heteroatoms. The summed E-state index contributed by atoms with van der Waals surface area (Å²) < 4.78 is 10.7. The molecule has 0 aliphatic carbocycles. The Labute approximate surface area is 170 Å². The summed E-state index contributed by atoms with van der Waals surface area (Å²) in [5, 5.41) is 3.32. The van der Waals surface area contributed by atoms with E-state index in [4.69, 9.17) is 14.5 Å². The lowest BCUT2D eigenvalue weighted by molar-refractivity contribution is 0.355. The van der Waals surface area contributed by atoms with Gasteiger partial charge in [0, 0.05) is 49.8 Å². The van der Waals surface area contributed by atoms with Gasteiger partial charge in [0.15, 0.2) is 11.5 Å². The third-order valence-electron chi connectivity index (χ3n) is 4.98. The van der Waals surface area contributed by atoms with E-state index >= 15 is 0 Å². The lowest BCUT2D eigenvalue weighted by atomic mass is 10.2. The summed E-state index contributed by atoms with van der Waals surface area (Å²) in [4.78, 5) is 13.8. The van der Waals surface area contributed by atoms with E-state index in [1.54, 1.807) is 20.4 Å². The molecule has 1 aliphatic rings. The van der Waals surface area contributed by atoms with E-state index in [1.807, 2.05) is 30.3 Å². The number of anilines is 4. The van der Waals surface area contributed by atoms with Crippen LogP contribution in [0.3, 0.4) is 0 Å². The number of hydrogen-bond acceptors (Lipinski definition) is 7. The molecule has 1 saturated heterocycles. The lowest BCUT2D eigenvalue weighted by Gasteiger charge is -2.36. The molecular formula is C22H25N5O2. The summed E-state index contributed by atoms with van der Waals surface area (Å²) in [5.41, 5.74) is 2.14. The zero-order valence-electron chi connectivity index (χ0n) is 16.7. The van der Waals surface area contributed by atoms with E-state index in [0.29, 0.717) is 11.5 Å². The molecular weight excluding hydrogens is 366 g/mol. The molecule has 0 amide bonds. The van der Waals surface area contributed by atoms with Crippen LogP contribution in [0.2, 0.25) is 0 Å². The molecule has 0 saturated carbocycles. The number of para-hydroxylation sites is 1. The van der Waals surface area contributed by atoms with Gasteiger partial charge in [0.2, 0.25) is 5.95 Å². The quantitative estimate of drug-likeness (QED) is 0.689. The minimum atomic E-state index is 0.670. The number of rotatable bonds is 6. The Morgan fingerprint density at radius 3 is 2.28 bits per heavy atom. The molecule has 1 aliphatic heterocycles. The number of nitrogens with zero attached hydrogens (tertiary/aromatic N) is 4. The van der Waals surface area contributed by atoms with Crippen molar-refractivity contribution >= 4 is 23.1 Å². The van der Waals surface area contributed by atoms with Crippen molar-refractivity contribution in [3.05, 3.63) is 60.8 Å². The Balaban J connectivity index is 1.43. The van der Waals surface area contributed by atoms with Gasteiger partial charge < -0.3 is 24.6 Å². The van der Waals surface area contributed by atoms with Crippen LogP contribution in [0.4, 0.5) is 23.1 Å². The summed E-state index contributed by atoms with van der Waals surface area (Å²) in [6, 6.07) is 18.1. The highest BCUT2D eigenvalue weighted by Crippen LogP contribution is 2.31. The SMILES string of the molecule is COc1ccc(Nc2ccnc(N3CCN(c4ccccc4)CC3)n2)cc1OC. The van der Waals surface area contributed by atoms with Crippen LogP contribution in [0, 0.1) is 0 Å². The van der Waals surface area contributed by atoms with Crippen molar-refractivity contribution < 1.29 is 9.47 Å². The molecule has 7 nitrogen and oxygen atoms in total. The first kappa shape index (κ1) is 18.9. The summed E-state index contributed by atoms with van der Waals surface area (Å²) in [7, 11) is 3.25. The van der Waals surface area contributed by atoms with Gasteiger partial charge in [-0.25, -0.2) is 4.98 Å². The third kappa shape index (κ3) is 4.34. The van der Waals surface area contributed by atoms with Crippen LogP contribution in [0.1, 0.15) is 0 Å². The molecule has 2 aromatic carbocycles. The van der Waals surface area contributed by atoms with Gasteiger partial charge in [-0.3, -0.25) is 0 Å². The minimum absolute atomic E-state index is 0.670. The largest absolute Gasteiger partial charge is 0.493 e. The van der Waals surface area contributed by atoms with Crippen molar-refractivity contribution in [1.82, 2.24) is 9.97 Å². The maximum absolute atomic E-state index is 5.37. The van der Waals surface area contributed by atoms with Crippen LogP contribution in [-0.2, 0) is 0 Å². The van der Waals surface area contributed by atoms with Gasteiger partial charge in [0.1, 0.15) is 5.82 Å². The van der Waals surface area contributed by atoms with Gasteiger partial charge in [-0.15, -0.1) is 0 Å². The average Bonchev–Trinajstić information content (AvgIpc) is 2.80. The molecule has 0 bridgehead atoms. The number of hydrogen-bond donors (Lipinski definition) is 1. The molecule has 1 aromatic heterocycles. The number of aromatic nitrogens is 2. The van der Waals surface area contributed by atoms with E-state index in [1.165, 1.54) is 5.69 Å². The zero-order chi connectivity index (χ0) is 20.1. The van der Waals surface area contributed by atoms with Gasteiger partial charge in [-0.1, -0.05) is 18.2 Å². The first-order chi connectivity index (χ1) is 14.3. The second kappa shape index (κ2) is 8.68. The van der Waals surface area contributed by atoms with Crippen molar-refractivity contribution in [1.29, 1.82) is 0 Å². The maximum Gasteiger partial charge on any atom is 0.227 e. The molecule has 3 aromatic rings. The fourth-order valence-corrected chi connectivity index (χ4v) is 3.44. The van der Waals surface area contributed by atoms with Crippen LogP contribution in [-0.4, -0.2) is 50.4 Å². The highest BCUT2D eigenvalue weighted by Gasteiger charge is 2.19. The molecule has 150 valence electrons. The van der Waals surface area contributed by atoms with E-state index < -0.39 is 0 Å². The lowest BCUT2D eigenvalue weighted by Crippen LogP contribution is -2.47. The molecule has 0 unspecified atom stereocenters. The van der Waals surface area contributed by atoms with Gasteiger partial charge in [-0.05, 0) is 30.3 Å². The van der Waals surface area contributed by atoms with Gasteiger partial charge >= 0.3 is 0 Å². The first-order valence-corrected chi connectivity index (χ1v) is 9.64. The summed E-state index contributed by atoms with van der Waals surface area (Å²) in [6.45, 7) is 3.66. The second-order valence-corrected chi connectivity index (χ2v) is 6.75. The van der Waals surface area contributed by atoms with Gasteiger partial charge in [0.25, 0.3) is 0 Å². The van der Waals surface area contributed by atoms with Crippen LogP contribution >= 0.6 is 0 Å². The van der Waals surface area contributed by atoms with Crippen LogP contribution < -0.4 is 24.6 Å². The summed E-state index contributed by atoms with van der Waals surface area (Å²) in [6.07, 6.45) is 1.79. The van der Waals surface area contributed by atoms with Crippen molar-refractivity contribution in [3.63, 3.8) is 0 Å². The van der Waals surface area contributed by atoms with Crippen LogP contribution in [0.5, 0.6) is 11.5 Å². The van der Waals surface area contributed by atoms with E-state index in [9.17, 15) is 0 Å². The van der Waals surface area contributed by atoms with E-state index in [0.717, 1.165) is 43.6 Å². The molecule has 29 heavy (non-hydrogen) atoms. The fraction of sp³-hybridized carbons (Fsp3) is 0.273. The fourth-order valence-electron chi connectivity index (χ4n) is 3.44.